The van der Waals surface area contributed by atoms with Gasteiger partial charge in [0.15, 0.2) is 11.4 Å². The Morgan fingerprint density at radius 3 is 1.56 bits per heavy atom. The van der Waals surface area contributed by atoms with Crippen LogP contribution in [0.2, 0.25) is 0 Å². The number of hydrogen-bond acceptors (Lipinski definition) is 19. The number of carbonyl (C=O) groups excluding carboxylic acids is 3. The molecule has 0 saturated heterocycles. The fourth-order valence-corrected chi connectivity index (χ4v) is 8.82. The van der Waals surface area contributed by atoms with E-state index >= 15 is 0 Å². The van der Waals surface area contributed by atoms with E-state index in [4.69, 9.17) is 36.6 Å². The second-order valence-corrected chi connectivity index (χ2v) is 22.3. The average molecular weight is 1420 g/mol. The molecule has 32 heteroatoms. The van der Waals surface area contributed by atoms with Crippen LogP contribution < -0.4 is 22.5 Å². The largest absolute Gasteiger partial charge is 0.478 e. The first kappa shape index (κ1) is 78.0. The highest BCUT2D eigenvalue weighted by molar-refractivity contribution is 9.08. The van der Waals surface area contributed by atoms with E-state index in [-0.39, 0.29) is 51.9 Å². The van der Waals surface area contributed by atoms with Gasteiger partial charge in [-0.1, -0.05) is 28.1 Å². The third kappa shape index (κ3) is 21.5. The van der Waals surface area contributed by atoms with Crippen molar-refractivity contribution in [1.29, 1.82) is 0 Å². The maximum Gasteiger partial charge on any atom is 0.412 e. The summed E-state index contributed by atoms with van der Waals surface area (Å²) in [5.41, 5.74) is 19.5. The van der Waals surface area contributed by atoms with Crippen molar-refractivity contribution in [2.45, 2.75) is 86.6 Å². The summed E-state index contributed by atoms with van der Waals surface area (Å²) in [4.78, 5) is 82.3. The number of hydrogen-bond donors (Lipinski definition) is 6. The van der Waals surface area contributed by atoms with Gasteiger partial charge in [0.05, 0.1) is 41.4 Å². The number of alkyl halides is 1. The highest BCUT2D eigenvalue weighted by Gasteiger charge is 2.23. The Labute approximate surface area is 557 Å². The van der Waals surface area contributed by atoms with Crippen LogP contribution >= 0.6 is 15.9 Å². The molecule has 0 fully saturated rings. The molecule has 97 heavy (non-hydrogen) atoms. The lowest BCUT2D eigenvalue weighted by Gasteiger charge is -2.20. The lowest BCUT2D eigenvalue weighted by molar-refractivity contribution is -0.385. The van der Waals surface area contributed by atoms with Crippen LogP contribution in [0, 0.1) is 104 Å². The summed E-state index contributed by atoms with van der Waals surface area (Å²) in [7, 11) is 2.27. The molecule has 25 nitrogen and oxygen atoms in total. The zero-order chi connectivity index (χ0) is 73.2. The summed E-state index contributed by atoms with van der Waals surface area (Å²) >= 11 is 3.21. The summed E-state index contributed by atoms with van der Waals surface area (Å²) in [6, 6.07) is 20.6. The number of amides is 1. The van der Waals surface area contributed by atoms with E-state index in [1.165, 1.54) is 65.1 Å². The van der Waals surface area contributed by atoms with Crippen LogP contribution in [0.4, 0.5) is 65.5 Å². The lowest BCUT2D eigenvalue weighted by atomic mass is 10.0. The fourth-order valence-electron chi connectivity index (χ4n) is 8.41. The zero-order valence-corrected chi connectivity index (χ0v) is 55.5. The highest BCUT2D eigenvalue weighted by atomic mass is 79.9. The maximum atomic E-state index is 14.4. The minimum absolute atomic E-state index is 0.0320. The first-order valence-electron chi connectivity index (χ1n) is 28.0. The number of nitrogens with zero attached hydrogens (tertiary/aromatic N) is 6. The number of furan rings is 1. The summed E-state index contributed by atoms with van der Waals surface area (Å²) < 4.78 is 102. The molecule has 3 heterocycles. The molecule has 1 amide bonds. The van der Waals surface area contributed by atoms with Crippen LogP contribution in [-0.4, -0.2) is 89.4 Å². The zero-order valence-electron chi connectivity index (χ0n) is 53.9. The summed E-state index contributed by atoms with van der Waals surface area (Å²) in [5.74, 6) is -6.12. The van der Waals surface area contributed by atoms with E-state index in [0.717, 1.165) is 31.1 Å². The van der Waals surface area contributed by atoms with Crippen molar-refractivity contribution in [3.8, 4) is 11.6 Å². The monoisotopic (exact) mass is 1420 g/mol. The molecule has 0 bridgehead atoms. The molecule has 0 aliphatic carbocycles. The van der Waals surface area contributed by atoms with Crippen molar-refractivity contribution in [3.05, 3.63) is 230 Å². The number of ether oxygens (including phenoxy) is 3. The topological polar surface area (TPSA) is 386 Å². The lowest BCUT2D eigenvalue weighted by Crippen LogP contribution is -2.27. The highest BCUT2D eigenvalue weighted by Crippen LogP contribution is 2.28. The number of carboxylic acids is 2. The van der Waals surface area contributed by atoms with Crippen LogP contribution in [-0.2, 0) is 26.0 Å². The SMILES string of the molecule is COC(=O)c1cc(N)cc(C)c1F.COC(=O)c1cc([N+](=O)[O-])cc(C)c1F.Cc1cc(NC(=O)OC(C)(C)C)cc(CBr)c1F.Cc1cc([N+](=O)[O-])cc(C(=O)O)c1F.Cc1ccc(-c2nc(N)nc3c(Cc4cc(N)cc(C)c4F)cnn23)o1.Cc1cccc(C(=O)O)c1F. The van der Waals surface area contributed by atoms with Crippen molar-refractivity contribution in [3.63, 3.8) is 0 Å². The van der Waals surface area contributed by atoms with Crippen molar-refractivity contribution >= 4 is 85.9 Å². The Morgan fingerprint density at radius 2 is 1.07 bits per heavy atom. The number of anilines is 4. The standard InChI is InChI=1S/C18H17FN6O.C13H17BrFNO2.C9H8FNO4.C9H10FNO2.C8H6FNO4.C8H7FO2/c1-9-5-13(20)7-11(15(9)19)6-12-8-22-25-16(12)23-18(21)24-17(25)14-4-3-10(2)26-14;1-8-5-10(6-9(7-14)11(8)15)16-12(17)18-13(2,3)4;1-5-3-6(11(13)14)4-7(8(5)10)9(12)15-2;1-5-3-6(11)4-7(8(5)10)9(12)13-2;1-4-2-5(10(13)14)3-6(7(4)9)8(11)12;1-5-3-2-4-6(7(5)9)8(10)11/h3-5,7-8H,6,20H2,1-2H3,(H2,21,23);5-6H,7H2,1-4H3,(H,16,17);3-4H,1-2H3;3-4H,11H2,1-2H3;2-3H,1H3,(H,11,12);2-4H,1H3,(H,10,11). The molecule has 0 aliphatic rings. The number of nitro groups is 2. The predicted octanol–water partition coefficient (Wildman–Crippen LogP) is 14.2. The fraction of sp³-hybridized carbons (Fsp3) is 0.231. The molecule has 3 aromatic heterocycles. The van der Waals surface area contributed by atoms with E-state index in [0.29, 0.717) is 84.6 Å². The van der Waals surface area contributed by atoms with Crippen molar-refractivity contribution in [2.24, 2.45) is 0 Å². The number of aromatic nitrogens is 4. The van der Waals surface area contributed by atoms with Gasteiger partial charge in [-0.2, -0.15) is 19.6 Å². The normalized spacial score (nSPS) is 10.5. The minimum Gasteiger partial charge on any atom is -0.478 e. The van der Waals surface area contributed by atoms with E-state index in [2.05, 4.69) is 45.8 Å². The average Bonchev–Trinajstić information content (AvgIpc) is 1.67. The molecule has 0 spiro atoms. The number of nitrogens with one attached hydrogen (secondary N) is 1. The number of non-ortho nitro benzene ring substituents is 2. The molecule has 9 aromatic rings. The van der Waals surface area contributed by atoms with Gasteiger partial charge in [0.1, 0.15) is 57.4 Å². The van der Waals surface area contributed by atoms with E-state index in [1.807, 2.05) is 13.0 Å². The Hall–Kier alpha value is -11.4. The van der Waals surface area contributed by atoms with Gasteiger partial charge in [0.25, 0.3) is 11.4 Å². The third-order valence-corrected chi connectivity index (χ3v) is 13.5. The molecular weight excluding hydrogens is 1350 g/mol. The Balaban J connectivity index is 0.000000254. The van der Waals surface area contributed by atoms with Crippen molar-refractivity contribution in [2.75, 3.05) is 36.7 Å². The van der Waals surface area contributed by atoms with Gasteiger partial charge in [-0.25, -0.2) is 50.3 Å². The van der Waals surface area contributed by atoms with Crippen molar-refractivity contribution < 1.29 is 89.0 Å². The van der Waals surface area contributed by atoms with Gasteiger partial charge < -0.3 is 46.0 Å². The van der Waals surface area contributed by atoms with E-state index < -0.39 is 85.5 Å². The minimum atomic E-state index is -1.52. The van der Waals surface area contributed by atoms with E-state index in [1.54, 1.807) is 75.7 Å². The number of carbonyl (C=O) groups is 5. The Morgan fingerprint density at radius 1 is 0.598 bits per heavy atom. The molecule has 9 N–H and O–H groups in total. The number of benzene rings is 6. The molecule has 0 aliphatic heterocycles. The van der Waals surface area contributed by atoms with Gasteiger partial charge in [-0.3, -0.25) is 25.5 Å². The second-order valence-electron chi connectivity index (χ2n) is 21.7. The number of rotatable bonds is 11. The number of aryl methyl sites for hydroxylation is 7. The predicted molar refractivity (Wildman–Crippen MR) is 348 cm³/mol. The molecule has 6 aromatic carbocycles. The van der Waals surface area contributed by atoms with Gasteiger partial charge >= 0.3 is 30.0 Å². The number of fused-ring (bicyclic) bond motifs is 1. The molecule has 514 valence electrons. The summed E-state index contributed by atoms with van der Waals surface area (Å²) in [5, 5.41) is 45.1. The van der Waals surface area contributed by atoms with E-state index in [9.17, 15) is 70.5 Å². The molecule has 0 radical (unpaired) electrons. The molecule has 0 atom stereocenters. The van der Waals surface area contributed by atoms with Crippen LogP contribution in [0.25, 0.3) is 17.2 Å². The van der Waals surface area contributed by atoms with Crippen LogP contribution in [0.1, 0.15) is 118 Å². The van der Waals surface area contributed by atoms with Crippen LogP contribution in [0.15, 0.2) is 102 Å². The maximum absolute atomic E-state index is 14.4. The van der Waals surface area contributed by atoms with Gasteiger partial charge in [0, 0.05) is 64.2 Å². The smallest absolute Gasteiger partial charge is 0.412 e. The number of aromatic carboxylic acids is 2. The first-order chi connectivity index (χ1) is 45.2. The number of halogens is 7. The summed E-state index contributed by atoms with van der Waals surface area (Å²) in [6.07, 6.45) is 1.36. The number of nitrogens with two attached hydrogens (primary N) is 3. The van der Waals surface area contributed by atoms with Crippen molar-refractivity contribution in [1.82, 2.24) is 19.6 Å². The third-order valence-electron chi connectivity index (χ3n) is 12.9. The first-order valence-corrected chi connectivity index (χ1v) is 29.2. The van der Waals surface area contributed by atoms with Crippen LogP contribution in [0.3, 0.4) is 0 Å². The summed E-state index contributed by atoms with van der Waals surface area (Å²) in [6.45, 7) is 16.2. The molecule has 9 rings (SSSR count). The Bertz CT molecular complexity index is 4470. The number of nitrogen functional groups attached to an aromatic ring is 3. The molecular formula is C65H65BrF6N10O15. The number of carboxylic acid groups (broad SMARTS) is 2. The molecule has 0 saturated carbocycles. The number of nitro benzene ring substituents is 2. The number of esters is 2. The molecule has 0 unspecified atom stereocenters. The number of methoxy groups -OCH3 is 2. The van der Waals surface area contributed by atoms with Gasteiger partial charge in [-0.15, -0.1) is 0 Å². The quantitative estimate of drug-likeness (QED) is 0.0133. The van der Waals surface area contributed by atoms with Gasteiger partial charge in [-0.05, 0) is 163 Å². The van der Waals surface area contributed by atoms with Crippen LogP contribution in [0.5, 0.6) is 0 Å². The second kappa shape index (κ2) is 34.1. The Kier molecular flexibility index (Phi) is 27.4. The van der Waals surface area contributed by atoms with Gasteiger partial charge in [0.2, 0.25) is 11.8 Å².